The number of amides is 1. The third-order valence-electron chi connectivity index (χ3n) is 5.40. The second kappa shape index (κ2) is 8.84. The van der Waals surface area contributed by atoms with Gasteiger partial charge >= 0.3 is 0 Å². The number of nitrogens with one attached hydrogen (secondary N) is 1. The van der Waals surface area contributed by atoms with Crippen LogP contribution in [0.4, 0.5) is 11.4 Å². The number of ether oxygens (including phenoxy) is 1. The molecule has 32 heavy (non-hydrogen) atoms. The molecule has 4 rings (SSSR count). The fourth-order valence-corrected chi connectivity index (χ4v) is 5.37. The van der Waals surface area contributed by atoms with Crippen LogP contribution in [0.3, 0.4) is 0 Å². The zero-order valence-electron chi connectivity index (χ0n) is 17.7. The molecule has 1 aliphatic heterocycles. The molecule has 0 radical (unpaired) electrons. The van der Waals surface area contributed by atoms with Gasteiger partial charge in [0.2, 0.25) is 0 Å². The van der Waals surface area contributed by atoms with E-state index in [2.05, 4.69) is 5.32 Å². The highest BCUT2D eigenvalue weighted by Gasteiger charge is 2.38. The van der Waals surface area contributed by atoms with E-state index in [0.29, 0.717) is 10.7 Å². The second-order valence-electron chi connectivity index (χ2n) is 7.52. The summed E-state index contributed by atoms with van der Waals surface area (Å²) in [6.07, 6.45) is -0.287. The van der Waals surface area contributed by atoms with Crippen molar-refractivity contribution in [1.82, 2.24) is 0 Å². The summed E-state index contributed by atoms with van der Waals surface area (Å²) >= 11 is 6.14. The molecule has 3 aromatic rings. The van der Waals surface area contributed by atoms with Crippen molar-refractivity contribution in [2.24, 2.45) is 0 Å². The highest BCUT2D eigenvalue weighted by atomic mass is 35.5. The van der Waals surface area contributed by atoms with Crippen LogP contribution in [0.2, 0.25) is 5.02 Å². The summed E-state index contributed by atoms with van der Waals surface area (Å²) < 4.78 is 34.0. The average Bonchev–Trinajstić information content (AvgIpc) is 2.80. The minimum Gasteiger partial charge on any atom is -0.476 e. The summed E-state index contributed by atoms with van der Waals surface area (Å²) in [6.45, 7) is 3.75. The van der Waals surface area contributed by atoms with Crippen LogP contribution < -0.4 is 14.4 Å². The predicted octanol–water partition coefficient (Wildman–Crippen LogP) is 4.81. The van der Waals surface area contributed by atoms with Crippen LogP contribution >= 0.6 is 11.6 Å². The van der Waals surface area contributed by atoms with Gasteiger partial charge in [0.05, 0.1) is 17.1 Å². The molecule has 0 saturated heterocycles. The molecule has 0 bridgehead atoms. The lowest BCUT2D eigenvalue weighted by atomic mass is 10.1. The Hall–Kier alpha value is -3.03. The lowest BCUT2D eigenvalue weighted by molar-refractivity contribution is -0.122. The highest BCUT2D eigenvalue weighted by Crippen LogP contribution is 2.39. The Morgan fingerprint density at radius 2 is 1.88 bits per heavy atom. The van der Waals surface area contributed by atoms with E-state index in [1.807, 2.05) is 32.0 Å². The SMILES string of the molecule is CCc1cccc(C)c1NC(=O)C1CN(S(=O)(=O)c2ccccc2)c2cc(Cl)ccc2O1. The van der Waals surface area contributed by atoms with Crippen LogP contribution in [0, 0.1) is 6.92 Å². The topological polar surface area (TPSA) is 75.7 Å². The van der Waals surface area contributed by atoms with E-state index in [9.17, 15) is 13.2 Å². The lowest BCUT2D eigenvalue weighted by Crippen LogP contribution is -2.49. The molecule has 1 aliphatic rings. The largest absolute Gasteiger partial charge is 0.476 e. The fourth-order valence-electron chi connectivity index (χ4n) is 3.71. The number of carbonyl (C=O) groups is 1. The lowest BCUT2D eigenvalue weighted by Gasteiger charge is -2.35. The minimum absolute atomic E-state index is 0.124. The second-order valence-corrected chi connectivity index (χ2v) is 9.82. The molecule has 166 valence electrons. The van der Waals surface area contributed by atoms with Crippen molar-refractivity contribution < 1.29 is 17.9 Å². The van der Waals surface area contributed by atoms with Crippen LogP contribution in [0.25, 0.3) is 0 Å². The molecule has 3 aromatic carbocycles. The maximum absolute atomic E-state index is 13.4. The number of sulfonamides is 1. The maximum atomic E-state index is 13.4. The van der Waals surface area contributed by atoms with E-state index in [1.165, 1.54) is 22.5 Å². The normalized spacial score (nSPS) is 15.6. The Labute approximate surface area is 192 Å². The first-order valence-corrected chi connectivity index (χ1v) is 12.1. The molecule has 1 atom stereocenters. The third kappa shape index (κ3) is 4.18. The standard InChI is InChI=1S/C24H23ClN2O4S/c1-3-17-9-7-8-16(2)23(17)26-24(28)22-15-27(20-14-18(25)12-13-21(20)31-22)32(29,30)19-10-5-4-6-11-19/h4-14,22H,3,15H2,1-2H3,(H,26,28). The van der Waals surface area contributed by atoms with E-state index in [4.69, 9.17) is 16.3 Å². The molecule has 0 aromatic heterocycles. The van der Waals surface area contributed by atoms with Crippen molar-refractivity contribution in [2.75, 3.05) is 16.2 Å². The van der Waals surface area contributed by atoms with Crippen LogP contribution in [0.1, 0.15) is 18.1 Å². The van der Waals surface area contributed by atoms with Gasteiger partial charge in [0.1, 0.15) is 5.75 Å². The molecular weight excluding hydrogens is 448 g/mol. The molecule has 0 spiro atoms. The quantitative estimate of drug-likeness (QED) is 0.580. The number of aryl methyl sites for hydroxylation is 2. The van der Waals surface area contributed by atoms with Crippen molar-refractivity contribution in [3.8, 4) is 5.75 Å². The fraction of sp³-hybridized carbons (Fsp3) is 0.208. The summed E-state index contributed by atoms with van der Waals surface area (Å²) in [5.74, 6) is -0.135. The Kier molecular flexibility index (Phi) is 6.13. The monoisotopic (exact) mass is 470 g/mol. The molecular formula is C24H23ClN2O4S. The van der Waals surface area contributed by atoms with Crippen molar-refractivity contribution >= 4 is 38.9 Å². The van der Waals surface area contributed by atoms with E-state index >= 15 is 0 Å². The van der Waals surface area contributed by atoms with Gasteiger partial charge < -0.3 is 10.1 Å². The predicted molar refractivity (Wildman–Crippen MR) is 126 cm³/mol. The Morgan fingerprint density at radius 1 is 1.12 bits per heavy atom. The number of anilines is 2. The summed E-state index contributed by atoms with van der Waals surface area (Å²) in [4.78, 5) is 13.3. The molecule has 0 fully saturated rings. The van der Waals surface area contributed by atoms with E-state index in [-0.39, 0.29) is 17.2 Å². The molecule has 1 heterocycles. The van der Waals surface area contributed by atoms with Gasteiger partial charge in [0, 0.05) is 10.7 Å². The van der Waals surface area contributed by atoms with Crippen molar-refractivity contribution in [3.05, 3.63) is 82.9 Å². The van der Waals surface area contributed by atoms with Gasteiger partial charge in [-0.1, -0.05) is 54.9 Å². The summed E-state index contributed by atoms with van der Waals surface area (Å²) in [5, 5.41) is 3.31. The maximum Gasteiger partial charge on any atom is 0.267 e. The number of benzene rings is 3. The van der Waals surface area contributed by atoms with Crippen molar-refractivity contribution in [3.63, 3.8) is 0 Å². The zero-order valence-corrected chi connectivity index (χ0v) is 19.3. The summed E-state index contributed by atoms with van der Waals surface area (Å²) in [7, 11) is -3.94. The smallest absolute Gasteiger partial charge is 0.267 e. The average molecular weight is 471 g/mol. The van der Waals surface area contributed by atoms with Crippen LogP contribution in [-0.4, -0.2) is 27.0 Å². The number of fused-ring (bicyclic) bond motifs is 1. The van der Waals surface area contributed by atoms with Gasteiger partial charge in [0.15, 0.2) is 6.10 Å². The van der Waals surface area contributed by atoms with Gasteiger partial charge in [0.25, 0.3) is 15.9 Å². The molecule has 8 heteroatoms. The number of carbonyl (C=O) groups excluding carboxylic acids is 1. The number of hydrogen-bond acceptors (Lipinski definition) is 4. The van der Waals surface area contributed by atoms with Crippen LogP contribution in [0.5, 0.6) is 5.75 Å². The summed E-state index contributed by atoms with van der Waals surface area (Å²) in [5.41, 5.74) is 2.95. The molecule has 0 saturated carbocycles. The Balaban J connectivity index is 1.71. The molecule has 1 unspecified atom stereocenters. The number of halogens is 1. The van der Waals surface area contributed by atoms with Gasteiger partial charge in [-0.25, -0.2) is 8.42 Å². The Bertz CT molecular complexity index is 1260. The minimum atomic E-state index is -3.94. The van der Waals surface area contributed by atoms with Crippen molar-refractivity contribution in [2.45, 2.75) is 31.3 Å². The zero-order chi connectivity index (χ0) is 22.9. The molecule has 0 aliphatic carbocycles. The number of para-hydroxylation sites is 1. The first kappa shape index (κ1) is 22.2. The number of hydrogen-bond donors (Lipinski definition) is 1. The van der Waals surface area contributed by atoms with Crippen molar-refractivity contribution in [1.29, 1.82) is 0 Å². The number of nitrogens with zero attached hydrogens (tertiary/aromatic N) is 1. The van der Waals surface area contributed by atoms with Crippen LogP contribution in [0.15, 0.2) is 71.6 Å². The third-order valence-corrected chi connectivity index (χ3v) is 7.43. The highest BCUT2D eigenvalue weighted by molar-refractivity contribution is 7.92. The van der Waals surface area contributed by atoms with Gasteiger partial charge in [-0.05, 0) is 54.8 Å². The first-order valence-electron chi connectivity index (χ1n) is 10.2. The van der Waals surface area contributed by atoms with E-state index < -0.39 is 22.0 Å². The van der Waals surface area contributed by atoms with Gasteiger partial charge in [-0.3, -0.25) is 9.10 Å². The molecule has 1 amide bonds. The van der Waals surface area contributed by atoms with Crippen LogP contribution in [-0.2, 0) is 21.2 Å². The summed E-state index contributed by atoms with van der Waals surface area (Å²) in [6, 6.07) is 18.6. The van der Waals surface area contributed by atoms with E-state index in [1.54, 1.807) is 30.3 Å². The number of rotatable bonds is 5. The molecule has 6 nitrogen and oxygen atoms in total. The molecule has 1 N–H and O–H groups in total. The first-order chi connectivity index (χ1) is 15.3. The van der Waals surface area contributed by atoms with Gasteiger partial charge in [-0.15, -0.1) is 0 Å². The Morgan fingerprint density at radius 3 is 2.59 bits per heavy atom. The van der Waals surface area contributed by atoms with Gasteiger partial charge in [-0.2, -0.15) is 0 Å². The van der Waals surface area contributed by atoms with E-state index in [0.717, 1.165) is 23.2 Å².